The van der Waals surface area contributed by atoms with Gasteiger partial charge in [0.2, 0.25) is 5.91 Å². The summed E-state index contributed by atoms with van der Waals surface area (Å²) in [6.07, 6.45) is 10.5. The van der Waals surface area contributed by atoms with E-state index in [2.05, 4.69) is 23.1 Å². The molecule has 6 nitrogen and oxygen atoms in total. The minimum atomic E-state index is -0.825. The third kappa shape index (κ3) is 3.19. The molecule has 186 valence electrons. The largest absolute Gasteiger partial charge is 0.487 e. The number of nitrogens with zero attached hydrogens (tertiary/aromatic N) is 2. The van der Waals surface area contributed by atoms with Crippen molar-refractivity contribution < 1.29 is 19.1 Å². The van der Waals surface area contributed by atoms with E-state index in [9.17, 15) is 9.90 Å². The van der Waals surface area contributed by atoms with Gasteiger partial charge in [-0.3, -0.25) is 9.69 Å². The fourth-order valence-electron chi connectivity index (χ4n) is 7.64. The lowest BCUT2D eigenvalue weighted by molar-refractivity contribution is -0.200. The second-order valence-electron chi connectivity index (χ2n) is 11.0. The molecule has 1 spiro atoms. The molecule has 1 saturated heterocycles. The van der Waals surface area contributed by atoms with E-state index in [0.717, 1.165) is 44.0 Å². The zero-order valence-corrected chi connectivity index (χ0v) is 20.9. The highest BCUT2D eigenvalue weighted by atomic mass is 35.5. The highest BCUT2D eigenvalue weighted by molar-refractivity contribution is 5.91. The lowest BCUT2D eigenvalue weighted by atomic mass is 9.48. The average Bonchev–Trinajstić information content (AvgIpc) is 3.35. The van der Waals surface area contributed by atoms with Crippen LogP contribution in [0.15, 0.2) is 47.1 Å². The van der Waals surface area contributed by atoms with E-state index >= 15 is 0 Å². The molecular weight excluding hydrogens is 464 g/mol. The summed E-state index contributed by atoms with van der Waals surface area (Å²) in [5.41, 5.74) is 1.27. The van der Waals surface area contributed by atoms with Gasteiger partial charge in [-0.2, -0.15) is 0 Å². The van der Waals surface area contributed by atoms with Crippen molar-refractivity contribution >= 4 is 24.4 Å². The Hall–Kier alpha value is -2.28. The van der Waals surface area contributed by atoms with Crippen molar-refractivity contribution in [3.05, 3.63) is 59.6 Å². The summed E-state index contributed by atoms with van der Waals surface area (Å²) in [6, 6.07) is 10.0. The number of hydrogen-bond donors (Lipinski definition) is 1. The lowest BCUT2D eigenvalue weighted by Gasteiger charge is -2.64. The molecule has 2 aliphatic heterocycles. The van der Waals surface area contributed by atoms with Crippen molar-refractivity contribution in [3.8, 4) is 5.75 Å². The molecule has 2 saturated carbocycles. The smallest absolute Gasteiger partial charge is 0.246 e. The summed E-state index contributed by atoms with van der Waals surface area (Å²) in [6.45, 7) is 2.09. The summed E-state index contributed by atoms with van der Waals surface area (Å²) in [7, 11) is 1.87. The monoisotopic (exact) mass is 496 g/mol. The number of ether oxygens (including phenoxy) is 1. The molecule has 0 radical (unpaired) electrons. The number of halogens is 1. The molecular formula is C28H33ClN2O4. The summed E-state index contributed by atoms with van der Waals surface area (Å²) in [5.74, 6) is 2.29. The van der Waals surface area contributed by atoms with Crippen LogP contribution in [0.5, 0.6) is 5.75 Å². The average molecular weight is 497 g/mol. The number of carbonyl (C=O) groups is 1. The molecule has 35 heavy (non-hydrogen) atoms. The van der Waals surface area contributed by atoms with Crippen molar-refractivity contribution in [2.75, 3.05) is 20.1 Å². The van der Waals surface area contributed by atoms with E-state index in [0.29, 0.717) is 12.2 Å². The molecule has 5 atom stereocenters. The number of aliphatic hydroxyl groups is 1. The molecule has 3 fully saturated rings. The molecule has 7 rings (SSSR count). The number of furan rings is 1. The number of hydrogen-bond acceptors (Lipinski definition) is 5. The van der Waals surface area contributed by atoms with Crippen LogP contribution in [-0.2, 0) is 16.6 Å². The van der Waals surface area contributed by atoms with E-state index in [-0.39, 0.29) is 36.5 Å². The molecule has 2 aromatic rings. The number of amides is 1. The van der Waals surface area contributed by atoms with Gasteiger partial charge < -0.3 is 19.2 Å². The topological polar surface area (TPSA) is 66.2 Å². The van der Waals surface area contributed by atoms with Crippen LogP contribution < -0.4 is 4.74 Å². The Balaban J connectivity index is 0.00000229. The second-order valence-corrected chi connectivity index (χ2v) is 11.0. The zero-order valence-electron chi connectivity index (χ0n) is 20.1. The predicted octanol–water partition coefficient (Wildman–Crippen LogP) is 3.81. The van der Waals surface area contributed by atoms with Gasteiger partial charge in [-0.15, -0.1) is 12.4 Å². The number of likely N-dealkylation sites (tertiary alicyclic amines) is 1. The van der Waals surface area contributed by atoms with Crippen LogP contribution in [0.25, 0.3) is 6.08 Å². The Morgan fingerprint density at radius 1 is 1.23 bits per heavy atom. The number of benzene rings is 1. The van der Waals surface area contributed by atoms with Crippen LogP contribution in [0.4, 0.5) is 0 Å². The summed E-state index contributed by atoms with van der Waals surface area (Å²) in [4.78, 5) is 17.6. The molecule has 1 amide bonds. The molecule has 2 bridgehead atoms. The van der Waals surface area contributed by atoms with Crippen LogP contribution in [0.3, 0.4) is 0 Å². The summed E-state index contributed by atoms with van der Waals surface area (Å²) < 4.78 is 12.0. The van der Waals surface area contributed by atoms with Gasteiger partial charge in [-0.05, 0) is 80.8 Å². The van der Waals surface area contributed by atoms with Crippen LogP contribution in [0.2, 0.25) is 0 Å². The minimum Gasteiger partial charge on any atom is -0.487 e. The molecule has 7 heteroatoms. The maximum Gasteiger partial charge on any atom is 0.246 e. The van der Waals surface area contributed by atoms with Gasteiger partial charge in [-0.1, -0.05) is 12.1 Å². The van der Waals surface area contributed by atoms with Crippen molar-refractivity contribution in [1.29, 1.82) is 0 Å². The zero-order chi connectivity index (χ0) is 23.1. The van der Waals surface area contributed by atoms with E-state index in [1.54, 1.807) is 18.4 Å². The van der Waals surface area contributed by atoms with Crippen molar-refractivity contribution in [1.82, 2.24) is 9.80 Å². The SMILES string of the molecule is CN(C(=O)/C=C/c1ccco1)[C@@H]1CC[C@@]2(O)[C@H]3Cc4cccc5c4[C@@]2(CCN3CC2CC2)[C@H]1O5.Cl. The Morgan fingerprint density at radius 2 is 2.09 bits per heavy atom. The Morgan fingerprint density at radius 3 is 2.86 bits per heavy atom. The first-order valence-electron chi connectivity index (χ1n) is 12.7. The fraction of sp³-hybridized carbons (Fsp3) is 0.536. The van der Waals surface area contributed by atoms with Crippen molar-refractivity contribution in [3.63, 3.8) is 0 Å². The second kappa shape index (κ2) is 8.12. The first-order valence-corrected chi connectivity index (χ1v) is 12.7. The number of rotatable bonds is 5. The number of likely N-dealkylation sites (N-methyl/N-ethyl adjacent to an activating group) is 1. The third-order valence-corrected chi connectivity index (χ3v) is 9.41. The first-order chi connectivity index (χ1) is 16.5. The molecule has 1 aromatic carbocycles. The predicted molar refractivity (Wildman–Crippen MR) is 135 cm³/mol. The van der Waals surface area contributed by atoms with Gasteiger partial charge >= 0.3 is 0 Å². The highest BCUT2D eigenvalue weighted by Gasteiger charge is 2.73. The van der Waals surface area contributed by atoms with Crippen LogP contribution in [0, 0.1) is 5.92 Å². The Kier molecular flexibility index (Phi) is 5.37. The third-order valence-electron chi connectivity index (χ3n) is 9.41. The standard InChI is InChI=1S/C28H32N2O4.ClH/c1-29(24(31)10-9-20-5-3-15-33-20)21-11-12-28(32)23-16-19-4-2-6-22-25(19)27(28,26(21)34-22)13-14-30(23)17-18-7-8-18;/h2-6,9-10,15,18,21,23,26,32H,7-8,11-14,16-17H2,1H3;1H/b10-9+;/t21-,23-,26+,27+,28-;/m1./s1. The van der Waals surface area contributed by atoms with E-state index in [1.165, 1.54) is 24.0 Å². The minimum absolute atomic E-state index is 0. The quantitative estimate of drug-likeness (QED) is 0.638. The molecule has 5 aliphatic rings. The maximum absolute atomic E-state index is 13.2. The summed E-state index contributed by atoms with van der Waals surface area (Å²) in [5, 5.41) is 12.5. The molecule has 1 aromatic heterocycles. The van der Waals surface area contributed by atoms with E-state index in [4.69, 9.17) is 9.15 Å². The van der Waals surface area contributed by atoms with Crippen LogP contribution in [0.1, 0.15) is 49.0 Å². The van der Waals surface area contributed by atoms with Gasteiger partial charge in [0.15, 0.2) is 0 Å². The molecule has 3 heterocycles. The highest BCUT2D eigenvalue weighted by Crippen LogP contribution is 2.64. The lowest BCUT2D eigenvalue weighted by Crippen LogP contribution is -2.78. The normalized spacial score (nSPS) is 34.7. The summed E-state index contributed by atoms with van der Waals surface area (Å²) >= 11 is 0. The Bertz CT molecular complexity index is 1160. The van der Waals surface area contributed by atoms with Crippen molar-refractivity contribution in [2.45, 2.75) is 67.7 Å². The van der Waals surface area contributed by atoms with Crippen molar-refractivity contribution in [2.24, 2.45) is 5.92 Å². The van der Waals surface area contributed by atoms with Crippen LogP contribution in [-0.4, -0.2) is 64.7 Å². The Labute approximate surface area is 212 Å². The molecule has 1 N–H and O–H groups in total. The molecule has 0 unspecified atom stereocenters. The van der Waals surface area contributed by atoms with Gasteiger partial charge in [-0.25, -0.2) is 0 Å². The van der Waals surface area contributed by atoms with Crippen LogP contribution >= 0.6 is 12.4 Å². The maximum atomic E-state index is 13.2. The van der Waals surface area contributed by atoms with Gasteiger partial charge in [0.25, 0.3) is 0 Å². The van der Waals surface area contributed by atoms with Gasteiger partial charge in [0.1, 0.15) is 17.6 Å². The first kappa shape index (κ1) is 23.1. The number of carbonyl (C=O) groups excluding carboxylic acids is 1. The van der Waals surface area contributed by atoms with E-state index < -0.39 is 11.0 Å². The van der Waals surface area contributed by atoms with E-state index in [1.807, 2.05) is 24.1 Å². The molecule has 3 aliphatic carbocycles. The van der Waals surface area contributed by atoms with Gasteiger partial charge in [0, 0.05) is 31.3 Å². The van der Waals surface area contributed by atoms with Gasteiger partial charge in [0.05, 0.1) is 23.3 Å². The number of piperidine rings is 1. The fourth-order valence-corrected chi connectivity index (χ4v) is 7.64.